The normalized spacial score (nSPS) is 20.3. The van der Waals surface area contributed by atoms with Gasteiger partial charge < -0.3 is 34.3 Å². The molecular formula is C49H86O12S. The first kappa shape index (κ1) is 57.6. The molecule has 0 saturated carbocycles. The van der Waals surface area contributed by atoms with Gasteiger partial charge in [-0.1, -0.05) is 197 Å². The number of allylic oxidation sites excluding steroid dienone is 8. The van der Waals surface area contributed by atoms with Crippen molar-refractivity contribution < 1.29 is 56.8 Å². The highest BCUT2D eigenvalue weighted by Crippen LogP contribution is 2.24. The van der Waals surface area contributed by atoms with Gasteiger partial charge in [-0.15, -0.1) is 0 Å². The van der Waals surface area contributed by atoms with E-state index in [1.54, 1.807) is 0 Å². The summed E-state index contributed by atoms with van der Waals surface area (Å²) in [5.74, 6) is -2.03. The van der Waals surface area contributed by atoms with E-state index in [-0.39, 0.29) is 19.4 Å². The monoisotopic (exact) mass is 899 g/mol. The lowest BCUT2D eigenvalue weighted by Crippen LogP contribution is -2.60. The average Bonchev–Trinajstić information content (AvgIpc) is 3.24. The number of carbonyl (C=O) groups is 2. The highest BCUT2D eigenvalue weighted by Gasteiger charge is 2.46. The van der Waals surface area contributed by atoms with Gasteiger partial charge >= 0.3 is 11.9 Å². The van der Waals surface area contributed by atoms with Crippen molar-refractivity contribution in [1.29, 1.82) is 0 Å². The lowest BCUT2D eigenvalue weighted by Gasteiger charge is -2.40. The summed E-state index contributed by atoms with van der Waals surface area (Å²) < 4.78 is 54.1. The summed E-state index contributed by atoms with van der Waals surface area (Å²) in [5.41, 5.74) is 0. The molecule has 62 heavy (non-hydrogen) atoms. The summed E-state index contributed by atoms with van der Waals surface area (Å²) in [6.45, 7) is 3.60. The molecule has 0 radical (unpaired) electrons. The predicted molar refractivity (Wildman–Crippen MR) is 247 cm³/mol. The topological polar surface area (TPSA) is 186 Å². The minimum atomic E-state index is -4.61. The van der Waals surface area contributed by atoms with Crippen molar-refractivity contribution in [2.75, 3.05) is 19.0 Å². The van der Waals surface area contributed by atoms with E-state index in [1.165, 1.54) is 109 Å². The second kappa shape index (κ2) is 39.0. The molecule has 0 amide bonds. The molecule has 1 aliphatic rings. The molecule has 1 aliphatic heterocycles. The maximum absolute atomic E-state index is 12.8. The van der Waals surface area contributed by atoms with Gasteiger partial charge in [0.25, 0.3) is 10.1 Å². The van der Waals surface area contributed by atoms with E-state index in [2.05, 4.69) is 26.0 Å². The third-order valence-corrected chi connectivity index (χ3v) is 11.8. The number of ether oxygens (including phenoxy) is 4. The molecule has 1 saturated heterocycles. The zero-order valence-electron chi connectivity index (χ0n) is 38.5. The fraction of sp³-hybridized carbons (Fsp3) is 0.796. The highest BCUT2D eigenvalue weighted by atomic mass is 32.2. The van der Waals surface area contributed by atoms with Crippen molar-refractivity contribution in [1.82, 2.24) is 0 Å². The van der Waals surface area contributed by atoms with E-state index in [0.717, 1.165) is 44.9 Å². The first-order valence-corrected chi connectivity index (χ1v) is 25.9. The van der Waals surface area contributed by atoms with E-state index in [0.29, 0.717) is 12.8 Å². The van der Waals surface area contributed by atoms with Crippen molar-refractivity contribution in [3.05, 3.63) is 48.6 Å². The number of unbranched alkanes of at least 4 members (excludes halogenated alkanes) is 23. The Labute approximate surface area is 375 Å². The molecule has 0 aromatic rings. The molecule has 1 fully saturated rings. The number of rotatable bonds is 40. The first-order chi connectivity index (χ1) is 30.0. The Hall–Kier alpha value is -2.39. The molecule has 0 bridgehead atoms. The molecular weight excluding hydrogens is 813 g/mol. The van der Waals surface area contributed by atoms with Crippen LogP contribution >= 0.6 is 0 Å². The molecule has 1 heterocycles. The summed E-state index contributed by atoms with van der Waals surface area (Å²) in [7, 11) is -4.61. The summed E-state index contributed by atoms with van der Waals surface area (Å²) >= 11 is 0. The van der Waals surface area contributed by atoms with Gasteiger partial charge in [-0.25, -0.2) is 0 Å². The Morgan fingerprint density at radius 2 is 1.02 bits per heavy atom. The molecule has 12 nitrogen and oxygen atoms in total. The first-order valence-electron chi connectivity index (χ1n) is 24.2. The molecule has 3 unspecified atom stereocenters. The van der Waals surface area contributed by atoms with Crippen LogP contribution in [0.3, 0.4) is 0 Å². The SMILES string of the molecule is CC/C=C/C=C/C=C/C=C/CCCCCC(=O)OC(COC(=O)CCCCCCCCCCCCCCCCCCCCCCC)CO[C@H]1O[C@H](CS(=O)(=O)O)[C@@H](O)C(O)C1O. The second-order valence-electron chi connectivity index (χ2n) is 16.8. The molecule has 360 valence electrons. The summed E-state index contributed by atoms with van der Waals surface area (Å²) in [4.78, 5) is 25.4. The molecule has 6 atom stereocenters. The number of carbonyl (C=O) groups excluding carboxylic acids is 2. The van der Waals surface area contributed by atoms with Gasteiger partial charge in [0.2, 0.25) is 0 Å². The van der Waals surface area contributed by atoms with E-state index in [1.807, 2.05) is 36.5 Å². The van der Waals surface area contributed by atoms with Crippen LogP contribution in [0.1, 0.15) is 194 Å². The molecule has 13 heteroatoms. The van der Waals surface area contributed by atoms with Crippen molar-refractivity contribution in [3.8, 4) is 0 Å². The smallest absolute Gasteiger partial charge is 0.306 e. The van der Waals surface area contributed by atoms with Crippen LogP contribution in [0.15, 0.2) is 48.6 Å². The number of aliphatic hydroxyl groups is 3. The van der Waals surface area contributed by atoms with Crippen LogP contribution < -0.4 is 0 Å². The highest BCUT2D eigenvalue weighted by molar-refractivity contribution is 7.85. The number of hydrogen-bond donors (Lipinski definition) is 4. The van der Waals surface area contributed by atoms with Crippen molar-refractivity contribution in [2.24, 2.45) is 0 Å². The molecule has 0 spiro atoms. The maximum Gasteiger partial charge on any atom is 0.306 e. The van der Waals surface area contributed by atoms with Crippen molar-refractivity contribution in [2.45, 2.75) is 230 Å². The van der Waals surface area contributed by atoms with Gasteiger partial charge in [0, 0.05) is 12.8 Å². The number of hydrogen-bond acceptors (Lipinski definition) is 11. The van der Waals surface area contributed by atoms with Crippen LogP contribution in [0.2, 0.25) is 0 Å². The fourth-order valence-corrected chi connectivity index (χ4v) is 7.97. The standard InChI is InChI=1S/C49H86O12S/c1-3-5-7-9-11-13-15-17-18-19-20-21-22-23-24-26-27-29-31-33-35-37-44(50)58-39-42(40-59-49-48(54)47(53)46(52)43(61-49)41-62(55,56)57)60-45(51)38-36-34-32-30-28-25-16-14-12-10-8-6-4-2/h6,8,10,12,14,16,25,28,42-43,46-49,52-54H,3-5,7,9,11,13,15,17-24,26-27,29-41H2,1-2H3,(H,55,56,57)/b8-6+,12-10+,16-14+,28-25+/t42?,43-,46-,47?,48?,49+/m1/s1. The largest absolute Gasteiger partial charge is 0.462 e. The van der Waals surface area contributed by atoms with Crippen LogP contribution in [-0.2, 0) is 38.7 Å². The van der Waals surface area contributed by atoms with Crippen LogP contribution in [0, 0.1) is 0 Å². The van der Waals surface area contributed by atoms with Gasteiger partial charge in [-0.2, -0.15) is 8.42 Å². The van der Waals surface area contributed by atoms with Crippen molar-refractivity contribution in [3.63, 3.8) is 0 Å². The average molecular weight is 899 g/mol. The minimum Gasteiger partial charge on any atom is -0.462 e. The van der Waals surface area contributed by atoms with Crippen LogP contribution in [-0.4, -0.2) is 96.0 Å². The van der Waals surface area contributed by atoms with Gasteiger partial charge in [0.1, 0.15) is 36.8 Å². The van der Waals surface area contributed by atoms with Gasteiger partial charge in [0.05, 0.1) is 6.61 Å². The lowest BCUT2D eigenvalue weighted by molar-refractivity contribution is -0.297. The molecule has 0 aliphatic carbocycles. The second-order valence-corrected chi connectivity index (χ2v) is 18.3. The predicted octanol–water partition coefficient (Wildman–Crippen LogP) is 10.3. The molecule has 0 aromatic carbocycles. The van der Waals surface area contributed by atoms with E-state index >= 15 is 0 Å². The zero-order chi connectivity index (χ0) is 45.5. The molecule has 1 rings (SSSR count). The Morgan fingerprint density at radius 3 is 1.52 bits per heavy atom. The number of esters is 2. The Kier molecular flexibility index (Phi) is 36.3. The van der Waals surface area contributed by atoms with E-state index in [4.69, 9.17) is 18.9 Å². The third-order valence-electron chi connectivity index (χ3n) is 11.0. The minimum absolute atomic E-state index is 0.119. The summed E-state index contributed by atoms with van der Waals surface area (Å²) in [6, 6.07) is 0. The van der Waals surface area contributed by atoms with E-state index < -0.39 is 71.2 Å². The third kappa shape index (κ3) is 33.2. The Balaban J connectivity index is 2.38. The quantitative estimate of drug-likeness (QED) is 0.0198. The number of aliphatic hydroxyl groups excluding tert-OH is 3. The Bertz CT molecular complexity index is 1330. The lowest BCUT2D eigenvalue weighted by atomic mass is 10.00. The van der Waals surface area contributed by atoms with Gasteiger partial charge in [-0.05, 0) is 32.1 Å². The zero-order valence-corrected chi connectivity index (χ0v) is 39.3. The summed E-state index contributed by atoms with van der Waals surface area (Å²) in [6.07, 6.45) is 37.4. The maximum atomic E-state index is 12.8. The van der Waals surface area contributed by atoms with Crippen LogP contribution in [0.4, 0.5) is 0 Å². The van der Waals surface area contributed by atoms with Gasteiger partial charge in [-0.3, -0.25) is 14.1 Å². The van der Waals surface area contributed by atoms with E-state index in [9.17, 15) is 37.9 Å². The van der Waals surface area contributed by atoms with Crippen molar-refractivity contribution >= 4 is 22.1 Å². The fourth-order valence-electron chi connectivity index (χ4n) is 7.28. The van der Waals surface area contributed by atoms with Gasteiger partial charge in [0.15, 0.2) is 12.4 Å². The Morgan fingerprint density at radius 1 is 0.565 bits per heavy atom. The molecule has 4 N–H and O–H groups in total. The van der Waals surface area contributed by atoms with Crippen LogP contribution in [0.25, 0.3) is 0 Å². The molecule has 0 aromatic heterocycles. The summed E-state index contributed by atoms with van der Waals surface area (Å²) in [5, 5.41) is 30.9. The van der Waals surface area contributed by atoms with Crippen LogP contribution in [0.5, 0.6) is 0 Å².